The molecule has 0 aromatic heterocycles. The number of hydrogen-bond acceptors (Lipinski definition) is 2. The molecule has 16 heavy (non-hydrogen) atoms. The predicted octanol–water partition coefficient (Wildman–Crippen LogP) is 2.11. The summed E-state index contributed by atoms with van der Waals surface area (Å²) in [5.74, 6) is -0.522. The zero-order valence-electron chi connectivity index (χ0n) is 8.94. The van der Waals surface area contributed by atoms with Gasteiger partial charge in [-0.1, -0.05) is 17.7 Å². The molecule has 3 nitrogen and oxygen atoms in total. The monoisotopic (exact) mass is 237 g/mol. The lowest BCUT2D eigenvalue weighted by molar-refractivity contribution is -0.122. The van der Waals surface area contributed by atoms with Crippen LogP contribution in [-0.4, -0.2) is 17.7 Å². The topological polar surface area (TPSA) is 37.4 Å². The molecule has 1 fully saturated rings. The molecule has 0 spiro atoms. The highest BCUT2D eigenvalue weighted by Crippen LogP contribution is 2.27. The van der Waals surface area contributed by atoms with Crippen LogP contribution in [0.4, 0.5) is 5.69 Å². The minimum Gasteiger partial charge on any atom is -0.274 e. The Bertz CT molecular complexity index is 427. The maximum absolute atomic E-state index is 11.9. The number of imide groups is 1. The number of amides is 2. The standard InChI is InChI=1S/C12H12ClNO2/c1-8-2-4-10(5-3-8)14-11(15)6-9(7-13)12(14)16/h2-5,9H,6-7H2,1H3. The number of benzene rings is 1. The molecule has 0 radical (unpaired) electrons. The summed E-state index contributed by atoms with van der Waals surface area (Å²) >= 11 is 5.65. The van der Waals surface area contributed by atoms with Crippen molar-refractivity contribution in [3.05, 3.63) is 29.8 Å². The second-order valence-electron chi connectivity index (χ2n) is 3.96. The quantitative estimate of drug-likeness (QED) is 0.584. The third-order valence-electron chi connectivity index (χ3n) is 2.72. The van der Waals surface area contributed by atoms with Crippen molar-refractivity contribution in [3.63, 3.8) is 0 Å². The Morgan fingerprint density at radius 1 is 1.31 bits per heavy atom. The molecule has 0 saturated carbocycles. The average molecular weight is 238 g/mol. The lowest BCUT2D eigenvalue weighted by atomic mass is 10.1. The van der Waals surface area contributed by atoms with Gasteiger partial charge in [-0.25, -0.2) is 0 Å². The largest absolute Gasteiger partial charge is 0.274 e. The van der Waals surface area contributed by atoms with E-state index in [-0.39, 0.29) is 30.0 Å². The second-order valence-corrected chi connectivity index (χ2v) is 4.27. The predicted molar refractivity (Wildman–Crippen MR) is 62.5 cm³/mol. The molecule has 4 heteroatoms. The van der Waals surface area contributed by atoms with Gasteiger partial charge >= 0.3 is 0 Å². The molecular weight excluding hydrogens is 226 g/mol. The Kier molecular flexibility index (Phi) is 2.97. The first-order valence-corrected chi connectivity index (χ1v) is 5.66. The maximum Gasteiger partial charge on any atom is 0.238 e. The van der Waals surface area contributed by atoms with Gasteiger partial charge in [-0.05, 0) is 19.1 Å². The molecule has 1 aromatic carbocycles. The summed E-state index contributed by atoms with van der Waals surface area (Å²) in [6.07, 6.45) is 0.218. The number of carbonyl (C=O) groups is 2. The van der Waals surface area contributed by atoms with E-state index in [1.807, 2.05) is 19.1 Å². The zero-order valence-corrected chi connectivity index (χ0v) is 9.70. The fraction of sp³-hybridized carbons (Fsp3) is 0.333. The van der Waals surface area contributed by atoms with E-state index in [1.165, 1.54) is 4.90 Å². The van der Waals surface area contributed by atoms with Crippen molar-refractivity contribution in [3.8, 4) is 0 Å². The number of aryl methyl sites for hydroxylation is 1. The summed E-state index contributed by atoms with van der Waals surface area (Å²) in [6.45, 7) is 1.96. The van der Waals surface area contributed by atoms with Gasteiger partial charge in [0.2, 0.25) is 11.8 Å². The Balaban J connectivity index is 2.31. The van der Waals surface area contributed by atoms with Crippen LogP contribution < -0.4 is 4.90 Å². The van der Waals surface area contributed by atoms with Crippen LogP contribution in [0.5, 0.6) is 0 Å². The highest BCUT2D eigenvalue weighted by molar-refractivity contribution is 6.25. The molecular formula is C12H12ClNO2. The van der Waals surface area contributed by atoms with Gasteiger partial charge in [-0.2, -0.15) is 0 Å². The average Bonchev–Trinajstić information content (AvgIpc) is 2.56. The van der Waals surface area contributed by atoms with Gasteiger partial charge in [0.25, 0.3) is 0 Å². The fourth-order valence-corrected chi connectivity index (χ4v) is 2.02. The molecule has 2 amide bonds. The molecule has 1 aliphatic rings. The number of anilines is 1. The van der Waals surface area contributed by atoms with Crippen LogP contribution in [0.2, 0.25) is 0 Å². The van der Waals surface area contributed by atoms with E-state index < -0.39 is 0 Å². The van der Waals surface area contributed by atoms with Crippen LogP contribution >= 0.6 is 11.6 Å². The van der Waals surface area contributed by atoms with Crippen molar-refractivity contribution in [1.29, 1.82) is 0 Å². The smallest absolute Gasteiger partial charge is 0.238 e. The number of halogens is 1. The number of nitrogens with zero attached hydrogens (tertiary/aromatic N) is 1. The van der Waals surface area contributed by atoms with Gasteiger partial charge in [-0.15, -0.1) is 11.6 Å². The van der Waals surface area contributed by atoms with Gasteiger partial charge < -0.3 is 0 Å². The van der Waals surface area contributed by atoms with E-state index in [4.69, 9.17) is 11.6 Å². The number of hydrogen-bond donors (Lipinski definition) is 0. The van der Waals surface area contributed by atoms with Gasteiger partial charge in [0.15, 0.2) is 0 Å². The summed E-state index contributed by atoms with van der Waals surface area (Å²) in [4.78, 5) is 24.8. The third kappa shape index (κ3) is 1.83. The normalized spacial score (nSPS) is 20.6. The SMILES string of the molecule is Cc1ccc(N2C(=O)CC(CCl)C2=O)cc1. The van der Waals surface area contributed by atoms with Gasteiger partial charge in [0, 0.05) is 12.3 Å². The van der Waals surface area contributed by atoms with Crippen LogP contribution in [-0.2, 0) is 9.59 Å². The van der Waals surface area contributed by atoms with E-state index in [0.29, 0.717) is 5.69 Å². The van der Waals surface area contributed by atoms with Gasteiger partial charge in [0.1, 0.15) is 0 Å². The molecule has 1 aromatic rings. The Labute approximate surface area is 99.0 Å². The van der Waals surface area contributed by atoms with E-state index in [9.17, 15) is 9.59 Å². The molecule has 1 saturated heterocycles. The Morgan fingerprint density at radius 2 is 1.94 bits per heavy atom. The lowest BCUT2D eigenvalue weighted by Gasteiger charge is -2.14. The van der Waals surface area contributed by atoms with Crippen molar-refractivity contribution in [2.75, 3.05) is 10.8 Å². The van der Waals surface area contributed by atoms with Crippen LogP contribution in [0.15, 0.2) is 24.3 Å². The van der Waals surface area contributed by atoms with Crippen molar-refractivity contribution >= 4 is 29.1 Å². The fourth-order valence-electron chi connectivity index (χ4n) is 1.78. The minimum absolute atomic E-state index is 0.167. The van der Waals surface area contributed by atoms with Crippen molar-refractivity contribution < 1.29 is 9.59 Å². The molecule has 0 bridgehead atoms. The molecule has 0 N–H and O–H groups in total. The maximum atomic E-state index is 11.9. The Morgan fingerprint density at radius 3 is 2.44 bits per heavy atom. The summed E-state index contributed by atoms with van der Waals surface area (Å²) in [5.41, 5.74) is 1.73. The summed E-state index contributed by atoms with van der Waals surface area (Å²) in [7, 11) is 0. The molecule has 1 unspecified atom stereocenters. The van der Waals surface area contributed by atoms with Crippen LogP contribution in [0.25, 0.3) is 0 Å². The molecule has 1 atom stereocenters. The zero-order chi connectivity index (χ0) is 11.7. The first-order chi connectivity index (χ1) is 7.63. The molecule has 84 valence electrons. The molecule has 1 aliphatic heterocycles. The number of alkyl halides is 1. The van der Waals surface area contributed by atoms with Gasteiger partial charge in [-0.3, -0.25) is 14.5 Å². The van der Waals surface area contributed by atoms with E-state index in [2.05, 4.69) is 0 Å². The Hall–Kier alpha value is -1.35. The number of carbonyl (C=O) groups excluding carboxylic acids is 2. The van der Waals surface area contributed by atoms with Crippen molar-refractivity contribution in [2.45, 2.75) is 13.3 Å². The molecule has 0 aliphatic carbocycles. The van der Waals surface area contributed by atoms with Crippen LogP contribution in [0, 0.1) is 12.8 Å². The van der Waals surface area contributed by atoms with Crippen LogP contribution in [0.3, 0.4) is 0 Å². The third-order valence-corrected chi connectivity index (χ3v) is 3.09. The molecule has 1 heterocycles. The van der Waals surface area contributed by atoms with E-state index in [1.54, 1.807) is 12.1 Å². The highest BCUT2D eigenvalue weighted by atomic mass is 35.5. The summed E-state index contributed by atoms with van der Waals surface area (Å²) in [5, 5.41) is 0. The first-order valence-electron chi connectivity index (χ1n) is 5.13. The first kappa shape index (κ1) is 11.1. The van der Waals surface area contributed by atoms with E-state index >= 15 is 0 Å². The van der Waals surface area contributed by atoms with Crippen LogP contribution in [0.1, 0.15) is 12.0 Å². The van der Waals surface area contributed by atoms with Crippen molar-refractivity contribution in [2.24, 2.45) is 5.92 Å². The second kappa shape index (κ2) is 4.26. The summed E-state index contributed by atoms with van der Waals surface area (Å²) < 4.78 is 0. The highest BCUT2D eigenvalue weighted by Gasteiger charge is 2.38. The summed E-state index contributed by atoms with van der Waals surface area (Å²) in [6, 6.07) is 7.32. The van der Waals surface area contributed by atoms with Crippen molar-refractivity contribution in [1.82, 2.24) is 0 Å². The number of rotatable bonds is 2. The molecule has 2 rings (SSSR count). The lowest BCUT2D eigenvalue weighted by Crippen LogP contribution is -2.30. The minimum atomic E-state index is -0.365. The van der Waals surface area contributed by atoms with E-state index in [0.717, 1.165) is 5.56 Å². The van der Waals surface area contributed by atoms with Gasteiger partial charge in [0.05, 0.1) is 11.6 Å².